The number of amides is 1. The van der Waals surface area contributed by atoms with Crippen molar-refractivity contribution in [1.29, 1.82) is 0 Å². The Kier molecular flexibility index (Phi) is 4.03. The number of amidine groups is 1. The fourth-order valence-corrected chi connectivity index (χ4v) is 2.28. The molecule has 1 aromatic carbocycles. The zero-order valence-electron chi connectivity index (χ0n) is 9.48. The van der Waals surface area contributed by atoms with Gasteiger partial charge in [0.25, 0.3) is 0 Å². The molecule has 0 saturated carbocycles. The number of thioether (sulfide) groups is 1. The average Bonchev–Trinajstić information content (AvgIpc) is 2.81. The summed E-state index contributed by atoms with van der Waals surface area (Å²) in [5.41, 5.74) is 7.46. The zero-order chi connectivity index (χ0) is 12.1. The van der Waals surface area contributed by atoms with Gasteiger partial charge in [-0.25, -0.2) is 0 Å². The molecule has 1 heterocycles. The Hall–Kier alpha value is -1.49. The van der Waals surface area contributed by atoms with Crippen molar-refractivity contribution >= 4 is 28.5 Å². The van der Waals surface area contributed by atoms with Crippen molar-refractivity contribution in [2.45, 2.75) is 12.8 Å². The van der Waals surface area contributed by atoms with Gasteiger partial charge in [-0.15, -0.1) is 0 Å². The summed E-state index contributed by atoms with van der Waals surface area (Å²) in [5, 5.41) is 3.57. The number of anilines is 1. The Balaban J connectivity index is 1.77. The van der Waals surface area contributed by atoms with Gasteiger partial charge in [-0.3, -0.25) is 9.79 Å². The molecule has 1 aromatic rings. The number of hydrogen-bond donors (Lipinski definition) is 2. The number of nitrogens with one attached hydrogen (secondary N) is 1. The molecular weight excluding hydrogens is 234 g/mol. The smallest absolute Gasteiger partial charge is 0.226 e. The Morgan fingerprint density at radius 3 is 2.82 bits per heavy atom. The molecule has 3 N–H and O–H groups in total. The van der Waals surface area contributed by atoms with Crippen LogP contribution in [0.1, 0.15) is 12.0 Å². The van der Waals surface area contributed by atoms with Crippen LogP contribution in [0.5, 0.6) is 0 Å². The van der Waals surface area contributed by atoms with Gasteiger partial charge in [0.05, 0.1) is 6.54 Å². The SMILES string of the molecule is Nc1ccc(CCC(=O)NC2=NCCS2)cc1. The number of carbonyl (C=O) groups excluding carboxylic acids is 1. The topological polar surface area (TPSA) is 67.5 Å². The standard InChI is InChI=1S/C12H15N3OS/c13-10-4-1-9(2-5-10)3-6-11(16)15-12-14-7-8-17-12/h1-2,4-5H,3,6-8,13H2,(H,14,15,16). The Morgan fingerprint density at radius 2 is 2.18 bits per heavy atom. The van der Waals surface area contributed by atoms with Gasteiger partial charge < -0.3 is 11.1 Å². The summed E-state index contributed by atoms with van der Waals surface area (Å²) in [6.45, 7) is 0.804. The lowest BCUT2D eigenvalue weighted by atomic mass is 10.1. The Labute approximate surface area is 105 Å². The number of aryl methyl sites for hydroxylation is 1. The summed E-state index contributed by atoms with van der Waals surface area (Å²) < 4.78 is 0. The fourth-order valence-electron chi connectivity index (χ4n) is 1.53. The number of nitrogens with two attached hydrogens (primary N) is 1. The molecule has 0 spiro atoms. The molecule has 0 saturated heterocycles. The van der Waals surface area contributed by atoms with Crippen molar-refractivity contribution in [1.82, 2.24) is 5.32 Å². The lowest BCUT2D eigenvalue weighted by molar-refractivity contribution is -0.119. The van der Waals surface area contributed by atoms with Crippen LogP contribution in [0.3, 0.4) is 0 Å². The second kappa shape index (κ2) is 5.72. The summed E-state index contributed by atoms with van der Waals surface area (Å²) >= 11 is 1.60. The third-order valence-corrected chi connectivity index (χ3v) is 3.34. The molecule has 0 atom stereocenters. The van der Waals surface area contributed by atoms with Crippen molar-refractivity contribution < 1.29 is 4.79 Å². The lowest BCUT2D eigenvalue weighted by Crippen LogP contribution is -2.27. The normalized spacial score (nSPS) is 14.5. The van der Waals surface area contributed by atoms with Crippen molar-refractivity contribution in [3.8, 4) is 0 Å². The highest BCUT2D eigenvalue weighted by Crippen LogP contribution is 2.10. The van der Waals surface area contributed by atoms with E-state index in [1.54, 1.807) is 11.8 Å². The van der Waals surface area contributed by atoms with Gasteiger partial charge >= 0.3 is 0 Å². The monoisotopic (exact) mass is 249 g/mol. The molecule has 90 valence electrons. The van der Waals surface area contributed by atoms with Gasteiger partial charge in [0, 0.05) is 17.9 Å². The van der Waals surface area contributed by atoms with E-state index in [4.69, 9.17) is 5.73 Å². The van der Waals surface area contributed by atoms with Crippen molar-refractivity contribution in [2.75, 3.05) is 18.0 Å². The van der Waals surface area contributed by atoms with Gasteiger partial charge in [-0.2, -0.15) is 0 Å². The predicted molar refractivity (Wildman–Crippen MR) is 72.1 cm³/mol. The molecule has 1 aliphatic rings. The van der Waals surface area contributed by atoms with Gasteiger partial charge in [-0.05, 0) is 24.1 Å². The third kappa shape index (κ3) is 3.78. The van der Waals surface area contributed by atoms with Crippen LogP contribution in [0, 0.1) is 0 Å². The summed E-state index contributed by atoms with van der Waals surface area (Å²) in [6.07, 6.45) is 1.20. The van der Waals surface area contributed by atoms with E-state index in [2.05, 4.69) is 10.3 Å². The first-order valence-corrected chi connectivity index (χ1v) is 6.54. The first kappa shape index (κ1) is 12.0. The molecule has 0 aliphatic carbocycles. The minimum atomic E-state index is 0.0231. The van der Waals surface area contributed by atoms with E-state index in [0.29, 0.717) is 6.42 Å². The lowest BCUT2D eigenvalue weighted by Gasteiger charge is -2.04. The molecule has 2 rings (SSSR count). The number of carbonyl (C=O) groups is 1. The van der Waals surface area contributed by atoms with E-state index in [1.165, 1.54) is 0 Å². The van der Waals surface area contributed by atoms with Crippen LogP contribution in [0.2, 0.25) is 0 Å². The maximum absolute atomic E-state index is 11.6. The second-order valence-corrected chi connectivity index (χ2v) is 4.91. The number of benzene rings is 1. The molecular formula is C12H15N3OS. The minimum absolute atomic E-state index is 0.0231. The molecule has 0 bridgehead atoms. The Morgan fingerprint density at radius 1 is 1.41 bits per heavy atom. The Bertz CT molecular complexity index is 428. The highest BCUT2D eigenvalue weighted by atomic mass is 32.2. The van der Waals surface area contributed by atoms with E-state index in [0.717, 1.165) is 35.1 Å². The van der Waals surface area contributed by atoms with Gasteiger partial charge in [-0.1, -0.05) is 23.9 Å². The van der Waals surface area contributed by atoms with Crippen molar-refractivity contribution in [2.24, 2.45) is 4.99 Å². The summed E-state index contributed by atoms with van der Waals surface area (Å²) in [4.78, 5) is 15.8. The molecule has 5 heteroatoms. The van der Waals surface area contributed by atoms with Crippen LogP contribution in [0.15, 0.2) is 29.3 Å². The number of aliphatic imine (C=N–C) groups is 1. The maximum Gasteiger partial charge on any atom is 0.226 e. The number of nitrogen functional groups attached to an aromatic ring is 1. The zero-order valence-corrected chi connectivity index (χ0v) is 10.3. The van der Waals surface area contributed by atoms with Crippen molar-refractivity contribution in [3.63, 3.8) is 0 Å². The van der Waals surface area contributed by atoms with Crippen molar-refractivity contribution in [3.05, 3.63) is 29.8 Å². The second-order valence-electron chi connectivity index (χ2n) is 3.83. The molecule has 0 unspecified atom stereocenters. The van der Waals surface area contributed by atoms with Crippen LogP contribution < -0.4 is 11.1 Å². The van der Waals surface area contributed by atoms with Crippen LogP contribution >= 0.6 is 11.8 Å². The predicted octanol–water partition coefficient (Wildman–Crippen LogP) is 1.42. The van der Waals surface area contributed by atoms with E-state index in [9.17, 15) is 4.79 Å². The first-order chi connectivity index (χ1) is 8.24. The summed E-state index contributed by atoms with van der Waals surface area (Å²) in [6, 6.07) is 7.60. The van der Waals surface area contributed by atoms with Gasteiger partial charge in [0.2, 0.25) is 5.91 Å². The fraction of sp³-hybridized carbons (Fsp3) is 0.333. The van der Waals surface area contributed by atoms with Crippen LogP contribution in [0.4, 0.5) is 5.69 Å². The molecule has 4 nitrogen and oxygen atoms in total. The van der Waals surface area contributed by atoms with E-state index < -0.39 is 0 Å². The van der Waals surface area contributed by atoms with Crippen LogP contribution in [-0.4, -0.2) is 23.4 Å². The maximum atomic E-state index is 11.6. The highest BCUT2D eigenvalue weighted by Gasteiger charge is 2.10. The minimum Gasteiger partial charge on any atom is -0.399 e. The molecule has 0 radical (unpaired) electrons. The molecule has 17 heavy (non-hydrogen) atoms. The van der Waals surface area contributed by atoms with Gasteiger partial charge in [0.1, 0.15) is 0 Å². The van der Waals surface area contributed by atoms with Crippen LogP contribution in [0.25, 0.3) is 0 Å². The van der Waals surface area contributed by atoms with E-state index >= 15 is 0 Å². The van der Waals surface area contributed by atoms with E-state index in [-0.39, 0.29) is 5.91 Å². The number of rotatable bonds is 3. The third-order valence-electron chi connectivity index (χ3n) is 2.45. The quantitative estimate of drug-likeness (QED) is 0.796. The highest BCUT2D eigenvalue weighted by molar-refractivity contribution is 8.14. The summed E-state index contributed by atoms with van der Waals surface area (Å²) in [7, 11) is 0. The largest absolute Gasteiger partial charge is 0.399 e. The molecule has 1 amide bonds. The average molecular weight is 249 g/mol. The number of hydrogen-bond acceptors (Lipinski definition) is 4. The molecule has 1 aliphatic heterocycles. The van der Waals surface area contributed by atoms with Crippen LogP contribution in [-0.2, 0) is 11.2 Å². The molecule has 0 aromatic heterocycles. The summed E-state index contributed by atoms with van der Waals surface area (Å²) in [5.74, 6) is 0.989. The van der Waals surface area contributed by atoms with E-state index in [1.807, 2.05) is 24.3 Å². The van der Waals surface area contributed by atoms with Gasteiger partial charge in [0.15, 0.2) is 5.17 Å². The number of nitrogens with zero attached hydrogens (tertiary/aromatic N) is 1. The first-order valence-electron chi connectivity index (χ1n) is 5.55. The molecule has 0 fully saturated rings.